The number of ether oxygens (including phenoxy) is 1. The summed E-state index contributed by atoms with van der Waals surface area (Å²) in [7, 11) is 0. The van der Waals surface area contributed by atoms with Crippen molar-refractivity contribution in [3.63, 3.8) is 0 Å². The lowest BCUT2D eigenvalue weighted by molar-refractivity contribution is 0.0676. The van der Waals surface area contributed by atoms with Crippen LogP contribution in [-0.4, -0.2) is 18.9 Å². The van der Waals surface area contributed by atoms with Gasteiger partial charge in [0.2, 0.25) is 0 Å². The Morgan fingerprint density at radius 3 is 2.43 bits per heavy atom. The Labute approximate surface area is 173 Å². The maximum Gasteiger partial charge on any atom is 0.169 e. The summed E-state index contributed by atoms with van der Waals surface area (Å²) in [5.41, 5.74) is 0.585. The van der Waals surface area contributed by atoms with Gasteiger partial charge >= 0.3 is 0 Å². The number of nitrogens with one attached hydrogen (secondary N) is 1. The molecule has 0 unspecified atom stereocenters. The number of piperidine rings is 1. The molecule has 0 aliphatic carbocycles. The van der Waals surface area contributed by atoms with Crippen molar-refractivity contribution in [2.24, 2.45) is 10.8 Å². The molecule has 1 fully saturated rings. The highest BCUT2D eigenvalue weighted by Gasteiger charge is 2.40. The lowest BCUT2D eigenvalue weighted by Crippen LogP contribution is -2.42. The van der Waals surface area contributed by atoms with Crippen LogP contribution >= 0.6 is 11.6 Å². The first-order chi connectivity index (χ1) is 13.3. The largest absolute Gasteiger partial charge is 0.456 e. The van der Waals surface area contributed by atoms with Crippen molar-refractivity contribution in [1.29, 1.82) is 0 Å². The van der Waals surface area contributed by atoms with Gasteiger partial charge in [-0.3, -0.25) is 4.79 Å². The van der Waals surface area contributed by atoms with Crippen LogP contribution in [-0.2, 0) is 0 Å². The van der Waals surface area contributed by atoms with Gasteiger partial charge in [-0.1, -0.05) is 50.6 Å². The third-order valence-corrected chi connectivity index (χ3v) is 5.87. The standard InChI is InChI=1S/C24H30ClNO2/c1-23(2,3)11-12-24(13-15-26-16-14-24)22(27)18-9-10-20(25)21(17-18)28-19-7-5-4-6-8-19/h4-10,17,26H,11-16H2,1-3H3. The van der Waals surface area contributed by atoms with E-state index in [1.807, 2.05) is 36.4 Å². The van der Waals surface area contributed by atoms with E-state index in [9.17, 15) is 4.79 Å². The number of para-hydroxylation sites is 1. The summed E-state index contributed by atoms with van der Waals surface area (Å²) in [4.78, 5) is 13.6. The third kappa shape index (κ3) is 5.15. The van der Waals surface area contributed by atoms with Gasteiger partial charge in [-0.05, 0) is 74.5 Å². The number of rotatable bonds is 6. The lowest BCUT2D eigenvalue weighted by Gasteiger charge is -2.38. The molecule has 0 radical (unpaired) electrons. The molecule has 0 atom stereocenters. The topological polar surface area (TPSA) is 38.3 Å². The van der Waals surface area contributed by atoms with E-state index in [1.165, 1.54) is 0 Å². The summed E-state index contributed by atoms with van der Waals surface area (Å²) in [5, 5.41) is 3.91. The van der Waals surface area contributed by atoms with Crippen molar-refractivity contribution in [2.75, 3.05) is 13.1 Å². The first kappa shape index (κ1) is 20.9. The Bertz CT molecular complexity index is 805. The minimum absolute atomic E-state index is 0.208. The molecule has 3 nitrogen and oxygen atoms in total. The van der Waals surface area contributed by atoms with E-state index in [4.69, 9.17) is 16.3 Å². The van der Waals surface area contributed by atoms with Crippen LogP contribution in [0.1, 0.15) is 56.8 Å². The average Bonchev–Trinajstić information content (AvgIpc) is 2.68. The average molecular weight is 400 g/mol. The molecule has 1 N–H and O–H groups in total. The second-order valence-corrected chi connectivity index (χ2v) is 9.39. The molecule has 1 aliphatic heterocycles. The van der Waals surface area contributed by atoms with E-state index in [0.717, 1.165) is 38.8 Å². The monoisotopic (exact) mass is 399 g/mol. The number of ketones is 1. The molecular weight excluding hydrogens is 370 g/mol. The number of hydrogen-bond acceptors (Lipinski definition) is 3. The summed E-state index contributed by atoms with van der Waals surface area (Å²) in [6.07, 6.45) is 3.69. The maximum absolute atomic E-state index is 13.6. The van der Waals surface area contributed by atoms with Gasteiger partial charge in [-0.25, -0.2) is 0 Å². The first-order valence-electron chi connectivity index (χ1n) is 10.1. The molecule has 2 aromatic carbocycles. The molecule has 0 saturated carbocycles. The highest BCUT2D eigenvalue weighted by atomic mass is 35.5. The van der Waals surface area contributed by atoms with E-state index in [-0.39, 0.29) is 16.6 Å². The molecule has 1 aliphatic rings. The van der Waals surface area contributed by atoms with Gasteiger partial charge in [0.05, 0.1) is 5.02 Å². The van der Waals surface area contributed by atoms with Gasteiger partial charge in [0.25, 0.3) is 0 Å². The highest BCUT2D eigenvalue weighted by molar-refractivity contribution is 6.32. The highest BCUT2D eigenvalue weighted by Crippen LogP contribution is 2.42. The minimum atomic E-state index is -0.309. The number of hydrogen-bond donors (Lipinski definition) is 1. The second-order valence-electron chi connectivity index (χ2n) is 8.98. The van der Waals surface area contributed by atoms with Gasteiger partial charge in [0, 0.05) is 11.0 Å². The van der Waals surface area contributed by atoms with Crippen molar-refractivity contribution >= 4 is 17.4 Å². The molecule has 150 valence electrons. The molecule has 1 saturated heterocycles. The van der Waals surface area contributed by atoms with Gasteiger partial charge in [0.15, 0.2) is 5.78 Å². The third-order valence-electron chi connectivity index (χ3n) is 5.56. The maximum atomic E-state index is 13.6. The molecular formula is C24H30ClNO2. The fourth-order valence-corrected chi connectivity index (χ4v) is 3.91. The zero-order chi connectivity index (χ0) is 20.2. The van der Waals surface area contributed by atoms with Crippen LogP contribution in [0.15, 0.2) is 48.5 Å². The fraction of sp³-hybridized carbons (Fsp3) is 0.458. The molecule has 0 bridgehead atoms. The van der Waals surface area contributed by atoms with Crippen LogP contribution in [0.25, 0.3) is 0 Å². The van der Waals surface area contributed by atoms with Crippen LogP contribution in [0.3, 0.4) is 0 Å². The van der Waals surface area contributed by atoms with E-state index in [2.05, 4.69) is 26.1 Å². The molecule has 1 heterocycles. The molecule has 3 rings (SSSR count). The number of carbonyl (C=O) groups is 1. The van der Waals surface area contributed by atoms with Crippen LogP contribution in [0.2, 0.25) is 5.02 Å². The second kappa shape index (κ2) is 8.67. The molecule has 2 aromatic rings. The normalized spacial score (nSPS) is 16.6. The summed E-state index contributed by atoms with van der Waals surface area (Å²) >= 11 is 6.35. The first-order valence-corrected chi connectivity index (χ1v) is 10.4. The van der Waals surface area contributed by atoms with Crippen LogP contribution in [0.4, 0.5) is 0 Å². The van der Waals surface area contributed by atoms with Gasteiger partial charge in [0.1, 0.15) is 11.5 Å². The van der Waals surface area contributed by atoms with E-state index < -0.39 is 0 Å². The van der Waals surface area contributed by atoms with Gasteiger partial charge in [-0.2, -0.15) is 0 Å². The molecule has 4 heteroatoms. The predicted molar refractivity (Wildman–Crippen MR) is 116 cm³/mol. The van der Waals surface area contributed by atoms with Crippen LogP contribution in [0.5, 0.6) is 11.5 Å². The SMILES string of the molecule is CC(C)(C)CCC1(C(=O)c2ccc(Cl)c(Oc3ccccc3)c2)CCNCC1. The summed E-state index contributed by atoms with van der Waals surface area (Å²) in [6, 6.07) is 14.9. The quantitative estimate of drug-likeness (QED) is 0.562. The van der Waals surface area contributed by atoms with Crippen molar-refractivity contribution in [1.82, 2.24) is 5.32 Å². The lowest BCUT2D eigenvalue weighted by atomic mass is 9.68. The van der Waals surface area contributed by atoms with Gasteiger partial charge < -0.3 is 10.1 Å². The number of carbonyl (C=O) groups excluding carboxylic acids is 1. The Kier molecular flexibility index (Phi) is 6.47. The zero-order valence-electron chi connectivity index (χ0n) is 17.1. The van der Waals surface area contributed by atoms with E-state index in [0.29, 0.717) is 22.1 Å². The Morgan fingerprint density at radius 2 is 1.79 bits per heavy atom. The predicted octanol–water partition coefficient (Wildman–Crippen LogP) is 6.51. The molecule has 28 heavy (non-hydrogen) atoms. The van der Waals surface area contributed by atoms with E-state index in [1.54, 1.807) is 12.1 Å². The van der Waals surface area contributed by atoms with Crippen molar-refractivity contribution in [3.8, 4) is 11.5 Å². The molecule has 0 amide bonds. The van der Waals surface area contributed by atoms with Crippen molar-refractivity contribution in [3.05, 3.63) is 59.1 Å². The minimum Gasteiger partial charge on any atom is -0.456 e. The summed E-state index contributed by atoms with van der Waals surface area (Å²) in [5.74, 6) is 1.45. The van der Waals surface area contributed by atoms with E-state index >= 15 is 0 Å². The Morgan fingerprint density at radius 1 is 1.11 bits per heavy atom. The fourth-order valence-electron chi connectivity index (χ4n) is 3.75. The van der Waals surface area contributed by atoms with Crippen molar-refractivity contribution in [2.45, 2.75) is 46.5 Å². The summed E-state index contributed by atoms with van der Waals surface area (Å²) in [6.45, 7) is 8.48. The number of benzene rings is 2. The van der Waals surface area contributed by atoms with Crippen LogP contribution < -0.4 is 10.1 Å². The molecule has 0 spiro atoms. The van der Waals surface area contributed by atoms with Gasteiger partial charge in [-0.15, -0.1) is 0 Å². The van der Waals surface area contributed by atoms with Crippen molar-refractivity contribution < 1.29 is 9.53 Å². The number of halogens is 1. The van der Waals surface area contributed by atoms with Crippen LogP contribution in [0, 0.1) is 10.8 Å². The molecule has 0 aromatic heterocycles. The number of Topliss-reactive ketones (excluding diaryl/α,β-unsaturated/α-hetero) is 1. The Hall–Kier alpha value is -1.84. The zero-order valence-corrected chi connectivity index (χ0v) is 17.8. The Balaban J connectivity index is 1.87. The summed E-state index contributed by atoms with van der Waals surface area (Å²) < 4.78 is 5.94. The smallest absolute Gasteiger partial charge is 0.169 e.